The van der Waals surface area contributed by atoms with Crippen LogP contribution in [-0.2, 0) is 6.54 Å². The summed E-state index contributed by atoms with van der Waals surface area (Å²) in [6.07, 6.45) is 3.80. The van der Waals surface area contributed by atoms with Crippen molar-refractivity contribution in [3.63, 3.8) is 0 Å². The molecular weight excluding hydrogens is 610 g/mol. The van der Waals surface area contributed by atoms with Crippen LogP contribution >= 0.6 is 0 Å². The molecule has 0 aliphatic heterocycles. The molecule has 0 saturated heterocycles. The molecule has 1 nitrogen and oxygen atoms in total. The van der Waals surface area contributed by atoms with Crippen molar-refractivity contribution in [3.8, 4) is 22.3 Å². The molecular formula is C48H36FN. The fourth-order valence-electron chi connectivity index (χ4n) is 7.14. The average Bonchev–Trinajstić information content (AvgIpc) is 3.19. The number of fused-ring (bicyclic) bond motifs is 6. The lowest BCUT2D eigenvalue weighted by atomic mass is 9.91. The summed E-state index contributed by atoms with van der Waals surface area (Å²) in [5, 5.41) is 8.51. The van der Waals surface area contributed by atoms with Crippen molar-refractivity contribution in [1.29, 1.82) is 0 Å². The Morgan fingerprint density at radius 1 is 0.500 bits per heavy atom. The average molecular weight is 646 g/mol. The number of nitrogens with zero attached hydrogens (tertiary/aromatic N) is 1. The topological polar surface area (TPSA) is 3.24 Å². The molecule has 1 unspecified atom stereocenters. The number of hydrogen-bond acceptors (Lipinski definition) is 1. The molecule has 0 saturated carbocycles. The van der Waals surface area contributed by atoms with Gasteiger partial charge < -0.3 is 0 Å². The van der Waals surface area contributed by atoms with Crippen LogP contribution in [-0.4, -0.2) is 5.12 Å². The Kier molecular flexibility index (Phi) is 8.61. The Labute approximate surface area is 292 Å². The predicted molar refractivity (Wildman–Crippen MR) is 210 cm³/mol. The molecule has 8 aromatic rings. The van der Waals surface area contributed by atoms with Gasteiger partial charge in [-0.2, -0.15) is 0 Å². The second kappa shape index (κ2) is 13.8. The van der Waals surface area contributed by atoms with Crippen LogP contribution in [0, 0.1) is 0 Å². The molecule has 0 N–H and O–H groups in total. The fraction of sp³-hybridized carbons (Fsp3) is 0.0417. The minimum absolute atomic E-state index is 0.176. The van der Waals surface area contributed by atoms with Gasteiger partial charge in [0.15, 0.2) is 0 Å². The Morgan fingerprint density at radius 2 is 1.00 bits per heavy atom. The molecule has 50 heavy (non-hydrogen) atoms. The quantitative estimate of drug-likeness (QED) is 0.0858. The third kappa shape index (κ3) is 6.14. The van der Waals surface area contributed by atoms with Crippen LogP contribution in [0.2, 0.25) is 0 Å². The van der Waals surface area contributed by atoms with E-state index in [1.807, 2.05) is 72.8 Å². The Bertz CT molecular complexity index is 2460. The van der Waals surface area contributed by atoms with E-state index in [1.54, 1.807) is 0 Å². The van der Waals surface area contributed by atoms with Crippen molar-refractivity contribution < 1.29 is 4.48 Å². The van der Waals surface area contributed by atoms with E-state index in [9.17, 15) is 0 Å². The maximum Gasteiger partial charge on any atom is 0.0845 e. The largest absolute Gasteiger partial charge is 0.133 e. The summed E-state index contributed by atoms with van der Waals surface area (Å²) in [4.78, 5) is 0. The summed E-state index contributed by atoms with van der Waals surface area (Å²) in [7, 11) is 0. The van der Waals surface area contributed by atoms with Gasteiger partial charge in [-0.1, -0.05) is 176 Å². The molecule has 0 fully saturated rings. The second-order valence-corrected chi connectivity index (χ2v) is 12.7. The molecule has 8 aromatic carbocycles. The zero-order valence-corrected chi connectivity index (χ0v) is 27.7. The Balaban J connectivity index is 1.16. The monoisotopic (exact) mass is 645 g/mol. The second-order valence-electron chi connectivity index (χ2n) is 12.7. The van der Waals surface area contributed by atoms with Crippen molar-refractivity contribution in [2.75, 3.05) is 0 Å². The van der Waals surface area contributed by atoms with Crippen molar-refractivity contribution in [2.45, 2.75) is 12.6 Å². The van der Waals surface area contributed by atoms with E-state index in [4.69, 9.17) is 0 Å². The minimum Gasteiger partial charge on any atom is -0.133 e. The SMILES string of the molecule is C=C/C(=C\C(c1ccccc1)N(F)Cc1ccccc1)c1cccc(-c2cccc(-c3ccc4c5ccccc5c5ccccc5c4c3)c2)c1. The van der Waals surface area contributed by atoms with Gasteiger partial charge in [-0.3, -0.25) is 0 Å². The minimum atomic E-state index is -0.586. The van der Waals surface area contributed by atoms with Crippen LogP contribution in [0.4, 0.5) is 4.48 Å². The highest BCUT2D eigenvalue weighted by atomic mass is 19.2. The molecule has 0 aliphatic carbocycles. The molecule has 0 aromatic heterocycles. The molecule has 0 spiro atoms. The Morgan fingerprint density at radius 3 is 1.62 bits per heavy atom. The van der Waals surface area contributed by atoms with Crippen LogP contribution in [0.25, 0.3) is 60.1 Å². The number of allylic oxidation sites excluding steroid dienone is 2. The normalized spacial score (nSPS) is 12.5. The maximum atomic E-state index is 16.0. The van der Waals surface area contributed by atoms with E-state index >= 15 is 4.48 Å². The van der Waals surface area contributed by atoms with Gasteiger partial charge in [0.05, 0.1) is 12.6 Å². The highest BCUT2D eigenvalue weighted by molar-refractivity contribution is 6.25. The van der Waals surface area contributed by atoms with Crippen molar-refractivity contribution in [1.82, 2.24) is 5.12 Å². The lowest BCUT2D eigenvalue weighted by Crippen LogP contribution is -2.19. The molecule has 2 heteroatoms. The molecule has 0 heterocycles. The van der Waals surface area contributed by atoms with Gasteiger partial charge in [0, 0.05) is 0 Å². The first-order chi connectivity index (χ1) is 24.7. The summed E-state index contributed by atoms with van der Waals surface area (Å²) in [6, 6.07) is 60.3. The molecule has 0 radical (unpaired) electrons. The van der Waals surface area contributed by atoms with Gasteiger partial charge in [0.1, 0.15) is 0 Å². The lowest BCUT2D eigenvalue weighted by Gasteiger charge is -2.23. The van der Waals surface area contributed by atoms with E-state index in [-0.39, 0.29) is 6.54 Å². The van der Waals surface area contributed by atoms with Crippen molar-refractivity contribution in [3.05, 3.63) is 211 Å². The number of rotatable bonds is 9. The van der Waals surface area contributed by atoms with Crippen LogP contribution in [0.1, 0.15) is 22.7 Å². The number of benzene rings is 8. The summed E-state index contributed by atoms with van der Waals surface area (Å²) >= 11 is 0. The van der Waals surface area contributed by atoms with Gasteiger partial charge >= 0.3 is 0 Å². The van der Waals surface area contributed by atoms with E-state index in [0.717, 1.165) is 44.1 Å². The molecule has 0 bridgehead atoms. The predicted octanol–water partition coefficient (Wildman–Crippen LogP) is 13.2. The number of hydrogen-bond donors (Lipinski definition) is 0. The molecule has 240 valence electrons. The van der Waals surface area contributed by atoms with Gasteiger partial charge in [-0.15, -0.1) is 9.60 Å². The summed E-state index contributed by atoms with van der Waals surface area (Å²) < 4.78 is 16.0. The highest BCUT2D eigenvalue weighted by Gasteiger charge is 2.20. The maximum absolute atomic E-state index is 16.0. The van der Waals surface area contributed by atoms with Gasteiger partial charge in [0.2, 0.25) is 0 Å². The third-order valence-corrected chi connectivity index (χ3v) is 9.65. The first-order valence-electron chi connectivity index (χ1n) is 17.1. The first kappa shape index (κ1) is 31.2. The standard InChI is InChI=1S/C48H36FN/c1-2-35(32-48(36-17-7-4-8-18-36)50(49)33-34-15-5-3-6-16-34)37-19-13-20-38(29-37)39-21-14-22-40(30-39)41-27-28-46-44-25-10-9-23-42(44)43-24-11-12-26-45(43)47(46)31-41/h2-32,48H,1,33H2/b35-32+. The van der Waals surface area contributed by atoms with Crippen molar-refractivity contribution >= 4 is 37.9 Å². The summed E-state index contributed by atoms with van der Waals surface area (Å²) in [5.41, 5.74) is 8.20. The molecule has 1 atom stereocenters. The summed E-state index contributed by atoms with van der Waals surface area (Å²) in [5.74, 6) is 0. The smallest absolute Gasteiger partial charge is 0.0845 e. The lowest BCUT2D eigenvalue weighted by molar-refractivity contribution is -0.0142. The van der Waals surface area contributed by atoms with Gasteiger partial charge in [-0.05, 0) is 95.0 Å². The van der Waals surface area contributed by atoms with Crippen LogP contribution in [0.5, 0.6) is 0 Å². The third-order valence-electron chi connectivity index (χ3n) is 9.65. The van der Waals surface area contributed by atoms with E-state index < -0.39 is 6.04 Å². The summed E-state index contributed by atoms with van der Waals surface area (Å²) in [6.45, 7) is 4.32. The van der Waals surface area contributed by atoms with E-state index in [0.29, 0.717) is 0 Å². The van der Waals surface area contributed by atoms with Gasteiger partial charge in [0.25, 0.3) is 0 Å². The highest BCUT2D eigenvalue weighted by Crippen LogP contribution is 2.38. The van der Waals surface area contributed by atoms with E-state index in [2.05, 4.69) is 122 Å². The Hall–Kier alpha value is -6.09. The van der Waals surface area contributed by atoms with Crippen molar-refractivity contribution in [2.24, 2.45) is 0 Å². The van der Waals surface area contributed by atoms with E-state index in [1.165, 1.54) is 37.9 Å². The van der Waals surface area contributed by atoms with Gasteiger partial charge in [-0.25, -0.2) is 0 Å². The van der Waals surface area contributed by atoms with Crippen LogP contribution in [0.15, 0.2) is 195 Å². The fourth-order valence-corrected chi connectivity index (χ4v) is 7.14. The van der Waals surface area contributed by atoms with Crippen LogP contribution in [0.3, 0.4) is 0 Å². The molecule has 0 amide bonds. The first-order valence-corrected chi connectivity index (χ1v) is 17.1. The molecule has 8 rings (SSSR count). The zero-order valence-electron chi connectivity index (χ0n) is 27.7. The zero-order chi connectivity index (χ0) is 33.9. The number of halogens is 1. The van der Waals surface area contributed by atoms with Crippen LogP contribution < -0.4 is 0 Å². The molecule has 0 aliphatic rings.